The molecule has 0 aliphatic carbocycles. The van der Waals surface area contributed by atoms with Crippen LogP contribution in [0.15, 0.2) is 52.6 Å². The Balaban J connectivity index is 1.36. The van der Waals surface area contributed by atoms with Crippen molar-refractivity contribution in [2.24, 2.45) is 7.05 Å². The SMILES string of the molecule is COn1c(N[C@@H](C)c2ccc(C(F)(F)F)cc2)nc2c(c1=O)CN(C(=O)c1cc(-c3cccs3)n(C)n1)CC2. The van der Waals surface area contributed by atoms with Gasteiger partial charge in [-0.2, -0.15) is 18.3 Å². The third-order valence-electron chi connectivity index (χ3n) is 6.62. The van der Waals surface area contributed by atoms with Gasteiger partial charge < -0.3 is 15.1 Å². The fourth-order valence-corrected chi connectivity index (χ4v) is 5.29. The van der Waals surface area contributed by atoms with Crippen molar-refractivity contribution >= 4 is 23.2 Å². The molecule has 0 unspecified atom stereocenters. The van der Waals surface area contributed by atoms with Gasteiger partial charge in [0.05, 0.1) is 40.0 Å². The van der Waals surface area contributed by atoms with Crippen LogP contribution >= 0.6 is 11.3 Å². The molecular weight excluding hydrogens is 533 g/mol. The molecule has 4 heterocycles. The normalized spacial score (nSPS) is 14.2. The van der Waals surface area contributed by atoms with Gasteiger partial charge in [-0.05, 0) is 42.1 Å². The van der Waals surface area contributed by atoms with Crippen LogP contribution in [0.4, 0.5) is 19.1 Å². The number of aromatic nitrogens is 4. The highest BCUT2D eigenvalue weighted by molar-refractivity contribution is 7.13. The summed E-state index contributed by atoms with van der Waals surface area (Å²) in [5.41, 5.74) is 1.33. The Bertz CT molecular complexity index is 1560. The van der Waals surface area contributed by atoms with Gasteiger partial charge in [0.25, 0.3) is 11.5 Å². The lowest BCUT2D eigenvalue weighted by Crippen LogP contribution is -2.42. The van der Waals surface area contributed by atoms with Crippen LogP contribution in [0, 0.1) is 0 Å². The fraction of sp³-hybridized carbons (Fsp3) is 0.308. The zero-order valence-electron chi connectivity index (χ0n) is 21.3. The second-order valence-electron chi connectivity index (χ2n) is 9.12. The quantitative estimate of drug-likeness (QED) is 0.382. The van der Waals surface area contributed by atoms with Crippen LogP contribution in [0.1, 0.15) is 45.8 Å². The van der Waals surface area contributed by atoms with Crippen molar-refractivity contribution in [1.29, 1.82) is 0 Å². The number of fused-ring (bicyclic) bond motifs is 1. The smallest absolute Gasteiger partial charge is 0.411 e. The monoisotopic (exact) mass is 558 g/mol. The third kappa shape index (κ3) is 5.13. The number of alkyl halides is 3. The van der Waals surface area contributed by atoms with Gasteiger partial charge in [-0.25, -0.2) is 4.98 Å². The molecular formula is C26H25F3N6O3S. The molecule has 1 aliphatic rings. The number of thiophene rings is 1. The Hall–Kier alpha value is -4.13. The van der Waals surface area contributed by atoms with Crippen LogP contribution in [0.2, 0.25) is 0 Å². The Kier molecular flexibility index (Phi) is 6.93. The zero-order chi connectivity index (χ0) is 27.9. The molecule has 0 bridgehead atoms. The number of nitrogens with zero attached hydrogens (tertiary/aromatic N) is 5. The van der Waals surface area contributed by atoms with Gasteiger partial charge in [-0.1, -0.05) is 18.2 Å². The predicted molar refractivity (Wildman–Crippen MR) is 139 cm³/mol. The number of halogens is 3. The average molecular weight is 559 g/mol. The molecule has 39 heavy (non-hydrogen) atoms. The lowest BCUT2D eigenvalue weighted by molar-refractivity contribution is -0.137. The average Bonchev–Trinajstić information content (AvgIpc) is 3.58. The number of nitrogens with one attached hydrogen (secondary N) is 1. The second-order valence-corrected chi connectivity index (χ2v) is 10.1. The van der Waals surface area contributed by atoms with Gasteiger partial charge in [0, 0.05) is 20.0 Å². The van der Waals surface area contributed by atoms with Crippen LogP contribution in [-0.2, 0) is 26.2 Å². The summed E-state index contributed by atoms with van der Waals surface area (Å²) in [5.74, 6) is -0.167. The standard InChI is InChI=1S/C26H25F3N6O3S/c1-15(16-6-8-17(9-7-16)26(27,28)29)30-25-31-19-10-11-34(14-18(19)23(36)35(25)38-3)24(37)20-13-21(33(2)32-20)22-5-4-12-39-22/h4-9,12-13,15H,10-11,14H2,1-3H3,(H,30,31)/t15-/m0/s1. The Labute approximate surface area is 225 Å². The van der Waals surface area contributed by atoms with Gasteiger partial charge >= 0.3 is 6.18 Å². The minimum absolute atomic E-state index is 0.0447. The van der Waals surface area contributed by atoms with E-state index in [1.165, 1.54) is 19.2 Å². The van der Waals surface area contributed by atoms with Gasteiger partial charge in [0.1, 0.15) is 7.11 Å². The largest absolute Gasteiger partial charge is 0.416 e. The molecule has 1 aliphatic heterocycles. The van der Waals surface area contributed by atoms with Gasteiger partial charge in [-0.15, -0.1) is 16.1 Å². The van der Waals surface area contributed by atoms with Crippen molar-refractivity contribution in [3.63, 3.8) is 0 Å². The van der Waals surface area contributed by atoms with Crippen LogP contribution in [-0.4, -0.2) is 44.0 Å². The minimum atomic E-state index is -4.43. The van der Waals surface area contributed by atoms with E-state index in [2.05, 4.69) is 15.4 Å². The summed E-state index contributed by atoms with van der Waals surface area (Å²) in [6, 6.07) is 9.92. The molecule has 1 aromatic carbocycles. The highest BCUT2D eigenvalue weighted by Gasteiger charge is 2.31. The molecule has 0 saturated heterocycles. The molecule has 204 valence electrons. The van der Waals surface area contributed by atoms with Crippen molar-refractivity contribution < 1.29 is 22.8 Å². The van der Waals surface area contributed by atoms with Crippen molar-refractivity contribution in [1.82, 2.24) is 24.4 Å². The molecule has 0 spiro atoms. The molecule has 1 amide bonds. The molecule has 0 saturated carbocycles. The maximum Gasteiger partial charge on any atom is 0.416 e. The van der Waals surface area contributed by atoms with E-state index in [1.54, 1.807) is 41.0 Å². The van der Waals surface area contributed by atoms with Crippen LogP contribution in [0.25, 0.3) is 10.6 Å². The number of hydrogen-bond acceptors (Lipinski definition) is 7. The Morgan fingerprint density at radius 1 is 1.21 bits per heavy atom. The maximum absolute atomic E-state index is 13.3. The minimum Gasteiger partial charge on any atom is -0.411 e. The summed E-state index contributed by atoms with van der Waals surface area (Å²) >= 11 is 1.55. The van der Waals surface area contributed by atoms with Crippen LogP contribution in [0.3, 0.4) is 0 Å². The fourth-order valence-electron chi connectivity index (χ4n) is 4.52. The number of hydrogen-bond donors (Lipinski definition) is 1. The first-order chi connectivity index (χ1) is 18.6. The highest BCUT2D eigenvalue weighted by atomic mass is 32.1. The molecule has 4 aromatic rings. The van der Waals surface area contributed by atoms with Gasteiger partial charge in [0.2, 0.25) is 5.95 Å². The highest BCUT2D eigenvalue weighted by Crippen LogP contribution is 2.30. The number of carbonyl (C=O) groups excluding carboxylic acids is 1. The van der Waals surface area contributed by atoms with E-state index in [1.807, 2.05) is 17.5 Å². The molecule has 5 rings (SSSR count). The molecule has 1 N–H and O–H groups in total. The van der Waals surface area contributed by atoms with Crippen molar-refractivity contribution in [3.05, 3.63) is 86.3 Å². The number of aryl methyl sites for hydroxylation is 1. The second kappa shape index (κ2) is 10.2. The molecule has 0 fully saturated rings. The molecule has 3 aromatic heterocycles. The summed E-state index contributed by atoms with van der Waals surface area (Å²) in [7, 11) is 3.09. The van der Waals surface area contributed by atoms with Gasteiger partial charge in [-0.3, -0.25) is 14.3 Å². The van der Waals surface area contributed by atoms with Crippen molar-refractivity contribution in [2.75, 3.05) is 19.0 Å². The van der Waals surface area contributed by atoms with Crippen molar-refractivity contribution in [2.45, 2.75) is 32.1 Å². The number of benzene rings is 1. The first-order valence-electron chi connectivity index (χ1n) is 12.1. The molecule has 1 atom stereocenters. The Morgan fingerprint density at radius 3 is 2.59 bits per heavy atom. The summed E-state index contributed by atoms with van der Waals surface area (Å²) in [6.07, 6.45) is -4.08. The van der Waals surface area contributed by atoms with Gasteiger partial charge in [0.15, 0.2) is 5.69 Å². The van der Waals surface area contributed by atoms with Crippen LogP contribution in [0.5, 0.6) is 0 Å². The summed E-state index contributed by atoms with van der Waals surface area (Å²) in [5, 5.41) is 9.40. The number of anilines is 1. The van der Waals surface area contributed by atoms with E-state index >= 15 is 0 Å². The predicted octanol–water partition coefficient (Wildman–Crippen LogP) is 4.15. The summed E-state index contributed by atoms with van der Waals surface area (Å²) < 4.78 is 41.4. The topological polar surface area (TPSA) is 94.3 Å². The summed E-state index contributed by atoms with van der Waals surface area (Å²) in [4.78, 5) is 39.0. The number of rotatable bonds is 6. The number of carbonyl (C=O) groups is 1. The maximum atomic E-state index is 13.3. The molecule has 9 nitrogen and oxygen atoms in total. The van der Waals surface area contributed by atoms with E-state index in [-0.39, 0.29) is 24.1 Å². The van der Waals surface area contributed by atoms with E-state index in [0.29, 0.717) is 29.8 Å². The molecule has 13 heteroatoms. The van der Waals surface area contributed by atoms with E-state index in [4.69, 9.17) is 4.84 Å². The van der Waals surface area contributed by atoms with E-state index in [9.17, 15) is 22.8 Å². The lowest BCUT2D eigenvalue weighted by atomic mass is 10.1. The summed E-state index contributed by atoms with van der Waals surface area (Å²) in [6.45, 7) is 2.13. The van der Waals surface area contributed by atoms with Crippen LogP contribution < -0.4 is 15.7 Å². The van der Waals surface area contributed by atoms with E-state index in [0.717, 1.165) is 27.4 Å². The van der Waals surface area contributed by atoms with E-state index < -0.39 is 23.3 Å². The Morgan fingerprint density at radius 2 is 1.95 bits per heavy atom. The lowest BCUT2D eigenvalue weighted by Gasteiger charge is -2.28. The number of amides is 1. The molecule has 0 radical (unpaired) electrons. The first-order valence-corrected chi connectivity index (χ1v) is 12.9. The first kappa shape index (κ1) is 26.5. The zero-order valence-corrected chi connectivity index (χ0v) is 22.1. The van der Waals surface area contributed by atoms with Crippen molar-refractivity contribution in [3.8, 4) is 10.6 Å². The third-order valence-corrected chi connectivity index (χ3v) is 7.51.